The molecule has 3 rings (SSSR count). The Balaban J connectivity index is 1.73. The molecule has 0 aliphatic carbocycles. The van der Waals surface area contributed by atoms with E-state index < -0.39 is 0 Å². The van der Waals surface area contributed by atoms with Crippen molar-refractivity contribution in [2.24, 2.45) is 0 Å². The Labute approximate surface area is 124 Å². The van der Waals surface area contributed by atoms with Crippen molar-refractivity contribution in [1.82, 2.24) is 15.3 Å². The number of morpholine rings is 1. The fraction of sp³-hybridized carbons (Fsp3) is 0.438. The SMILES string of the molecule is CC(C)Oc1ccc(-c2cnc(C3COCCN3)[nH]2)cc1. The average Bonchev–Trinajstić information content (AvgIpc) is 2.98. The monoisotopic (exact) mass is 287 g/mol. The van der Waals surface area contributed by atoms with Crippen LogP contribution in [0.15, 0.2) is 30.5 Å². The fourth-order valence-corrected chi connectivity index (χ4v) is 2.39. The Morgan fingerprint density at radius 3 is 2.76 bits per heavy atom. The van der Waals surface area contributed by atoms with Gasteiger partial charge in [-0.2, -0.15) is 0 Å². The molecule has 0 amide bonds. The number of aromatic amines is 1. The first-order chi connectivity index (χ1) is 10.2. The third-order valence-electron chi connectivity index (χ3n) is 3.38. The highest BCUT2D eigenvalue weighted by Gasteiger charge is 2.18. The summed E-state index contributed by atoms with van der Waals surface area (Å²) in [7, 11) is 0. The highest BCUT2D eigenvalue weighted by atomic mass is 16.5. The van der Waals surface area contributed by atoms with Crippen molar-refractivity contribution in [3.05, 3.63) is 36.3 Å². The van der Waals surface area contributed by atoms with Crippen molar-refractivity contribution < 1.29 is 9.47 Å². The third-order valence-corrected chi connectivity index (χ3v) is 3.38. The number of nitrogens with zero attached hydrogens (tertiary/aromatic N) is 1. The molecule has 0 spiro atoms. The van der Waals surface area contributed by atoms with Gasteiger partial charge in [0.15, 0.2) is 0 Å². The second-order valence-electron chi connectivity index (χ2n) is 5.45. The van der Waals surface area contributed by atoms with Crippen molar-refractivity contribution in [3.8, 4) is 17.0 Å². The number of benzene rings is 1. The molecule has 2 N–H and O–H groups in total. The van der Waals surface area contributed by atoms with Gasteiger partial charge in [0.1, 0.15) is 11.6 Å². The van der Waals surface area contributed by atoms with Crippen LogP contribution >= 0.6 is 0 Å². The lowest BCUT2D eigenvalue weighted by molar-refractivity contribution is 0.0745. The van der Waals surface area contributed by atoms with Crippen molar-refractivity contribution in [2.45, 2.75) is 26.0 Å². The Kier molecular flexibility index (Phi) is 4.22. The number of H-pyrrole nitrogens is 1. The lowest BCUT2D eigenvalue weighted by atomic mass is 10.1. The lowest BCUT2D eigenvalue weighted by Gasteiger charge is -2.21. The average molecular weight is 287 g/mol. The molecule has 5 heteroatoms. The van der Waals surface area contributed by atoms with E-state index in [2.05, 4.69) is 15.3 Å². The van der Waals surface area contributed by atoms with E-state index in [4.69, 9.17) is 9.47 Å². The summed E-state index contributed by atoms with van der Waals surface area (Å²) in [6, 6.07) is 8.20. The second-order valence-corrected chi connectivity index (χ2v) is 5.45. The van der Waals surface area contributed by atoms with Crippen LogP contribution in [0, 0.1) is 0 Å². The van der Waals surface area contributed by atoms with Crippen LogP contribution in [0.5, 0.6) is 5.75 Å². The number of hydrogen-bond donors (Lipinski definition) is 2. The molecule has 21 heavy (non-hydrogen) atoms. The molecular formula is C16H21N3O2. The van der Waals surface area contributed by atoms with E-state index in [1.54, 1.807) is 0 Å². The number of hydrogen-bond acceptors (Lipinski definition) is 4. The molecule has 5 nitrogen and oxygen atoms in total. The maximum absolute atomic E-state index is 5.65. The molecule has 2 aromatic rings. The van der Waals surface area contributed by atoms with Gasteiger partial charge < -0.3 is 19.8 Å². The maximum atomic E-state index is 5.65. The molecule has 2 heterocycles. The van der Waals surface area contributed by atoms with E-state index >= 15 is 0 Å². The quantitative estimate of drug-likeness (QED) is 0.907. The minimum atomic E-state index is 0.149. The summed E-state index contributed by atoms with van der Waals surface area (Å²) in [5.41, 5.74) is 2.11. The molecule has 1 fully saturated rings. The molecule has 1 unspecified atom stereocenters. The Hall–Kier alpha value is -1.85. The van der Waals surface area contributed by atoms with Gasteiger partial charge in [-0.3, -0.25) is 0 Å². The number of imidazole rings is 1. The lowest BCUT2D eigenvalue weighted by Crippen LogP contribution is -2.35. The molecule has 1 aromatic heterocycles. The van der Waals surface area contributed by atoms with Crippen LogP contribution in [0.2, 0.25) is 0 Å². The van der Waals surface area contributed by atoms with Crippen molar-refractivity contribution >= 4 is 0 Å². The van der Waals surface area contributed by atoms with Crippen LogP contribution in [0.4, 0.5) is 0 Å². The Morgan fingerprint density at radius 1 is 1.29 bits per heavy atom. The van der Waals surface area contributed by atoms with Crippen LogP contribution in [0.25, 0.3) is 11.3 Å². The Bertz CT molecular complexity index is 571. The zero-order chi connectivity index (χ0) is 14.7. The van der Waals surface area contributed by atoms with Gasteiger partial charge >= 0.3 is 0 Å². The number of aromatic nitrogens is 2. The van der Waals surface area contributed by atoms with Crippen LogP contribution in [0.3, 0.4) is 0 Å². The van der Waals surface area contributed by atoms with Gasteiger partial charge in [0.05, 0.1) is 37.3 Å². The highest BCUT2D eigenvalue weighted by Crippen LogP contribution is 2.23. The Morgan fingerprint density at radius 2 is 2.10 bits per heavy atom. The van der Waals surface area contributed by atoms with Crippen molar-refractivity contribution in [3.63, 3.8) is 0 Å². The molecule has 1 atom stereocenters. The van der Waals surface area contributed by atoms with Gasteiger partial charge in [0.2, 0.25) is 0 Å². The smallest absolute Gasteiger partial charge is 0.126 e. The van der Waals surface area contributed by atoms with Crippen LogP contribution in [0.1, 0.15) is 25.7 Å². The summed E-state index contributed by atoms with van der Waals surface area (Å²) in [4.78, 5) is 7.82. The minimum Gasteiger partial charge on any atom is -0.491 e. The summed E-state index contributed by atoms with van der Waals surface area (Å²) in [5, 5.41) is 3.39. The van der Waals surface area contributed by atoms with E-state index in [1.165, 1.54) is 0 Å². The van der Waals surface area contributed by atoms with Gasteiger partial charge in [-0.1, -0.05) is 0 Å². The molecule has 112 valence electrons. The van der Waals surface area contributed by atoms with E-state index in [0.29, 0.717) is 6.61 Å². The first-order valence-electron chi connectivity index (χ1n) is 7.35. The van der Waals surface area contributed by atoms with Gasteiger partial charge in [0, 0.05) is 6.54 Å². The molecule has 0 bridgehead atoms. The topological polar surface area (TPSA) is 59.2 Å². The normalized spacial score (nSPS) is 18.9. The van der Waals surface area contributed by atoms with Crippen molar-refractivity contribution in [1.29, 1.82) is 0 Å². The van der Waals surface area contributed by atoms with Gasteiger partial charge in [-0.15, -0.1) is 0 Å². The minimum absolute atomic E-state index is 0.149. The number of ether oxygens (including phenoxy) is 2. The molecule has 1 aromatic carbocycles. The predicted octanol–water partition coefficient (Wildman–Crippen LogP) is 2.52. The zero-order valence-electron chi connectivity index (χ0n) is 12.4. The fourth-order valence-electron chi connectivity index (χ4n) is 2.39. The van der Waals surface area contributed by atoms with Crippen LogP contribution < -0.4 is 10.1 Å². The number of rotatable bonds is 4. The van der Waals surface area contributed by atoms with Gasteiger partial charge in [0.25, 0.3) is 0 Å². The zero-order valence-corrected chi connectivity index (χ0v) is 12.4. The van der Waals surface area contributed by atoms with Crippen molar-refractivity contribution in [2.75, 3.05) is 19.8 Å². The largest absolute Gasteiger partial charge is 0.491 e. The maximum Gasteiger partial charge on any atom is 0.126 e. The molecular weight excluding hydrogens is 266 g/mol. The predicted molar refractivity (Wildman–Crippen MR) is 81.4 cm³/mol. The number of nitrogens with one attached hydrogen (secondary N) is 2. The van der Waals surface area contributed by atoms with Crippen LogP contribution in [-0.4, -0.2) is 35.8 Å². The summed E-state index contributed by atoms with van der Waals surface area (Å²) >= 11 is 0. The second kappa shape index (κ2) is 6.28. The van der Waals surface area contributed by atoms with E-state index in [-0.39, 0.29) is 12.1 Å². The summed E-state index contributed by atoms with van der Waals surface area (Å²) in [5.74, 6) is 1.81. The highest BCUT2D eigenvalue weighted by molar-refractivity contribution is 5.59. The summed E-state index contributed by atoms with van der Waals surface area (Å²) in [6.45, 7) is 6.33. The molecule has 1 aliphatic rings. The van der Waals surface area contributed by atoms with Crippen LogP contribution in [-0.2, 0) is 4.74 Å². The summed E-state index contributed by atoms with van der Waals surface area (Å²) in [6.07, 6.45) is 2.05. The summed E-state index contributed by atoms with van der Waals surface area (Å²) < 4.78 is 11.1. The third kappa shape index (κ3) is 3.43. The van der Waals surface area contributed by atoms with E-state index in [9.17, 15) is 0 Å². The molecule has 1 aliphatic heterocycles. The first-order valence-corrected chi connectivity index (χ1v) is 7.35. The standard InChI is InChI=1S/C16H21N3O2/c1-11(2)21-13-5-3-12(4-6-13)14-9-18-16(19-14)15-10-20-8-7-17-15/h3-6,9,11,15,17H,7-8,10H2,1-2H3,(H,18,19). The van der Waals surface area contributed by atoms with E-state index in [1.807, 2.05) is 44.3 Å². The molecule has 1 saturated heterocycles. The van der Waals surface area contributed by atoms with E-state index in [0.717, 1.165) is 36.0 Å². The first kappa shape index (κ1) is 14.1. The molecule has 0 radical (unpaired) electrons. The van der Waals surface area contributed by atoms with Gasteiger partial charge in [-0.25, -0.2) is 4.98 Å². The molecule has 0 saturated carbocycles. The van der Waals surface area contributed by atoms with Gasteiger partial charge in [-0.05, 0) is 43.7 Å².